The predicted octanol–water partition coefficient (Wildman–Crippen LogP) is 2.72. The number of anilines is 1. The summed E-state index contributed by atoms with van der Waals surface area (Å²) < 4.78 is 10.6. The zero-order chi connectivity index (χ0) is 18.6. The number of benzene rings is 1. The minimum Gasteiger partial charge on any atom is -0.454 e. The summed E-state index contributed by atoms with van der Waals surface area (Å²) in [6.07, 6.45) is 5.76. The quantitative estimate of drug-likeness (QED) is 0.852. The fourth-order valence-corrected chi connectivity index (χ4v) is 3.76. The Morgan fingerprint density at radius 1 is 1.26 bits per heavy atom. The molecule has 1 aromatic heterocycles. The van der Waals surface area contributed by atoms with Gasteiger partial charge in [0.1, 0.15) is 10.7 Å². The van der Waals surface area contributed by atoms with E-state index in [9.17, 15) is 4.79 Å². The summed E-state index contributed by atoms with van der Waals surface area (Å²) in [5.41, 5.74) is 2.18. The Labute approximate surface area is 160 Å². The Balaban J connectivity index is 1.34. The lowest BCUT2D eigenvalue weighted by Crippen LogP contribution is -2.22. The standard InChI is InChI=1S/C18H17N5O3S/c1-2-12-17(13-8-19-5-6-20-13)22-23-18(12)27-9-16(24)21-11-3-4-14-15(7-11)26-10-25-14/h3-8,12H,2,9-10H2,1H3,(H,21,24). The molecule has 0 radical (unpaired) electrons. The molecule has 4 rings (SSSR count). The first kappa shape index (κ1) is 17.5. The van der Waals surface area contributed by atoms with Crippen LogP contribution in [-0.4, -0.2) is 39.2 Å². The molecule has 1 atom stereocenters. The number of thioether (sulfide) groups is 1. The van der Waals surface area contributed by atoms with Crippen LogP contribution in [0.2, 0.25) is 0 Å². The predicted molar refractivity (Wildman–Crippen MR) is 103 cm³/mol. The van der Waals surface area contributed by atoms with Crippen molar-refractivity contribution in [2.45, 2.75) is 13.3 Å². The molecule has 27 heavy (non-hydrogen) atoms. The summed E-state index contributed by atoms with van der Waals surface area (Å²) in [6, 6.07) is 5.32. The van der Waals surface area contributed by atoms with E-state index in [2.05, 4.69) is 32.4 Å². The number of carbonyl (C=O) groups is 1. The van der Waals surface area contributed by atoms with Gasteiger partial charge in [0.15, 0.2) is 11.5 Å². The lowest BCUT2D eigenvalue weighted by molar-refractivity contribution is -0.113. The van der Waals surface area contributed by atoms with Gasteiger partial charge in [-0.15, -0.1) is 5.10 Å². The van der Waals surface area contributed by atoms with Crippen molar-refractivity contribution in [3.8, 4) is 11.5 Å². The van der Waals surface area contributed by atoms with E-state index in [1.807, 2.05) is 0 Å². The third-order valence-corrected chi connectivity index (χ3v) is 5.19. The molecule has 0 bridgehead atoms. The number of aromatic nitrogens is 2. The molecular weight excluding hydrogens is 366 g/mol. The van der Waals surface area contributed by atoms with E-state index in [1.54, 1.807) is 36.8 Å². The average Bonchev–Trinajstić information content (AvgIpc) is 3.33. The van der Waals surface area contributed by atoms with Gasteiger partial charge in [0.2, 0.25) is 12.7 Å². The van der Waals surface area contributed by atoms with Gasteiger partial charge in [-0.05, 0) is 18.6 Å². The number of amides is 1. The van der Waals surface area contributed by atoms with Crippen molar-refractivity contribution in [2.24, 2.45) is 16.1 Å². The van der Waals surface area contributed by atoms with Gasteiger partial charge in [-0.2, -0.15) is 5.10 Å². The Hall–Kier alpha value is -2.94. The number of fused-ring (bicyclic) bond motifs is 1. The molecule has 138 valence electrons. The van der Waals surface area contributed by atoms with Gasteiger partial charge in [0.25, 0.3) is 0 Å². The Kier molecular flexibility index (Phi) is 5.01. The average molecular weight is 383 g/mol. The summed E-state index contributed by atoms with van der Waals surface area (Å²) in [5, 5.41) is 12.2. The highest BCUT2D eigenvalue weighted by Gasteiger charge is 2.28. The molecule has 9 heteroatoms. The van der Waals surface area contributed by atoms with Crippen molar-refractivity contribution >= 4 is 34.1 Å². The van der Waals surface area contributed by atoms with Gasteiger partial charge in [-0.25, -0.2) is 0 Å². The Morgan fingerprint density at radius 2 is 2.15 bits per heavy atom. The van der Waals surface area contributed by atoms with E-state index in [-0.39, 0.29) is 24.4 Å². The fourth-order valence-electron chi connectivity index (χ4n) is 2.83. The molecule has 0 saturated heterocycles. The largest absolute Gasteiger partial charge is 0.454 e. The third-order valence-electron chi connectivity index (χ3n) is 4.13. The molecule has 0 aliphatic carbocycles. The zero-order valence-corrected chi connectivity index (χ0v) is 15.4. The van der Waals surface area contributed by atoms with E-state index < -0.39 is 0 Å². The minimum atomic E-state index is -0.121. The van der Waals surface area contributed by atoms with E-state index in [0.717, 1.165) is 17.2 Å². The molecule has 8 nitrogen and oxygen atoms in total. The summed E-state index contributed by atoms with van der Waals surface area (Å²) in [5.74, 6) is 1.47. The summed E-state index contributed by atoms with van der Waals surface area (Å²) in [7, 11) is 0. The molecule has 1 amide bonds. The topological polar surface area (TPSA) is 98.1 Å². The van der Waals surface area contributed by atoms with Crippen LogP contribution in [0.25, 0.3) is 0 Å². The van der Waals surface area contributed by atoms with Crippen LogP contribution in [0.5, 0.6) is 11.5 Å². The summed E-state index contributed by atoms with van der Waals surface area (Å²) >= 11 is 1.39. The highest BCUT2D eigenvalue weighted by atomic mass is 32.2. The summed E-state index contributed by atoms with van der Waals surface area (Å²) in [6.45, 7) is 2.26. The molecule has 3 heterocycles. The molecule has 0 spiro atoms. The second-order valence-corrected chi connectivity index (χ2v) is 6.88. The molecule has 0 saturated carbocycles. The van der Waals surface area contributed by atoms with Gasteiger partial charge in [0, 0.05) is 24.1 Å². The number of nitrogens with zero attached hydrogens (tertiary/aromatic N) is 4. The van der Waals surface area contributed by atoms with Crippen LogP contribution in [0.4, 0.5) is 5.69 Å². The van der Waals surface area contributed by atoms with Gasteiger partial charge < -0.3 is 14.8 Å². The van der Waals surface area contributed by atoms with Gasteiger partial charge in [-0.1, -0.05) is 18.7 Å². The zero-order valence-electron chi connectivity index (χ0n) is 14.6. The molecule has 2 aliphatic heterocycles. The number of nitrogens with one attached hydrogen (secondary N) is 1. The van der Waals surface area contributed by atoms with Crippen LogP contribution < -0.4 is 14.8 Å². The van der Waals surface area contributed by atoms with Crippen molar-refractivity contribution in [2.75, 3.05) is 17.9 Å². The van der Waals surface area contributed by atoms with E-state index in [4.69, 9.17) is 9.47 Å². The molecule has 2 aromatic rings. The molecule has 1 unspecified atom stereocenters. The van der Waals surface area contributed by atoms with Crippen LogP contribution in [0.3, 0.4) is 0 Å². The van der Waals surface area contributed by atoms with E-state index in [0.29, 0.717) is 22.9 Å². The first-order valence-electron chi connectivity index (χ1n) is 8.48. The number of rotatable bonds is 5. The van der Waals surface area contributed by atoms with Crippen molar-refractivity contribution in [3.05, 3.63) is 42.5 Å². The van der Waals surface area contributed by atoms with Gasteiger partial charge in [0.05, 0.1) is 23.6 Å². The normalized spacial score (nSPS) is 17.4. The van der Waals surface area contributed by atoms with E-state index in [1.165, 1.54) is 11.8 Å². The Morgan fingerprint density at radius 3 is 2.96 bits per heavy atom. The molecular formula is C18H17N5O3S. The lowest BCUT2D eigenvalue weighted by atomic mass is 10.00. The number of hydrogen-bond acceptors (Lipinski definition) is 8. The van der Waals surface area contributed by atoms with Crippen LogP contribution in [0, 0.1) is 5.92 Å². The van der Waals surface area contributed by atoms with Gasteiger partial charge in [-0.3, -0.25) is 14.8 Å². The fraction of sp³-hybridized carbons (Fsp3) is 0.278. The maximum absolute atomic E-state index is 12.3. The van der Waals surface area contributed by atoms with Crippen LogP contribution in [-0.2, 0) is 4.79 Å². The second kappa shape index (κ2) is 7.75. The first-order valence-corrected chi connectivity index (χ1v) is 9.47. The van der Waals surface area contributed by atoms with Crippen molar-refractivity contribution in [1.82, 2.24) is 9.97 Å². The van der Waals surface area contributed by atoms with Crippen LogP contribution >= 0.6 is 11.8 Å². The maximum Gasteiger partial charge on any atom is 0.234 e. The second-order valence-electron chi connectivity index (χ2n) is 5.88. The van der Waals surface area contributed by atoms with Crippen molar-refractivity contribution in [1.29, 1.82) is 0 Å². The smallest absolute Gasteiger partial charge is 0.234 e. The summed E-state index contributed by atoms with van der Waals surface area (Å²) in [4.78, 5) is 20.7. The van der Waals surface area contributed by atoms with Crippen LogP contribution in [0.15, 0.2) is 47.0 Å². The highest BCUT2D eigenvalue weighted by Crippen LogP contribution is 2.34. The number of carbonyl (C=O) groups excluding carboxylic acids is 1. The third kappa shape index (κ3) is 3.77. The van der Waals surface area contributed by atoms with Crippen molar-refractivity contribution in [3.63, 3.8) is 0 Å². The van der Waals surface area contributed by atoms with Crippen molar-refractivity contribution < 1.29 is 14.3 Å². The monoisotopic (exact) mass is 383 g/mol. The maximum atomic E-state index is 12.3. The van der Waals surface area contributed by atoms with Crippen LogP contribution in [0.1, 0.15) is 19.0 Å². The highest BCUT2D eigenvalue weighted by molar-refractivity contribution is 8.14. The number of hydrogen-bond donors (Lipinski definition) is 1. The lowest BCUT2D eigenvalue weighted by Gasteiger charge is -2.12. The molecule has 2 aliphatic rings. The minimum absolute atomic E-state index is 0.0324. The molecule has 0 fully saturated rings. The molecule has 1 aromatic carbocycles. The number of ether oxygens (including phenoxy) is 2. The molecule has 1 N–H and O–H groups in total. The van der Waals surface area contributed by atoms with E-state index >= 15 is 0 Å². The first-order chi connectivity index (χ1) is 13.2. The Bertz CT molecular complexity index is 916. The van der Waals surface area contributed by atoms with Gasteiger partial charge >= 0.3 is 0 Å². The SMILES string of the molecule is CCC1C(SCC(=O)Nc2ccc3c(c2)OCO3)=NN=C1c1cnccn1.